The van der Waals surface area contributed by atoms with Gasteiger partial charge in [0.05, 0.1) is 10.7 Å². The van der Waals surface area contributed by atoms with Gasteiger partial charge in [0, 0.05) is 24.9 Å². The zero-order valence-electron chi connectivity index (χ0n) is 11.4. The molecule has 19 heavy (non-hydrogen) atoms. The zero-order valence-corrected chi connectivity index (χ0v) is 12.2. The number of halogens is 1. The Morgan fingerprint density at radius 3 is 2.79 bits per heavy atom. The van der Waals surface area contributed by atoms with Crippen molar-refractivity contribution in [3.8, 4) is 5.69 Å². The molecule has 0 radical (unpaired) electrons. The van der Waals surface area contributed by atoms with Crippen LogP contribution in [0, 0.1) is 0 Å². The highest BCUT2D eigenvalue weighted by Gasteiger charge is 2.09. The van der Waals surface area contributed by atoms with E-state index in [1.807, 2.05) is 22.9 Å². The first-order chi connectivity index (χ1) is 9.15. The van der Waals surface area contributed by atoms with Crippen LogP contribution < -0.4 is 5.73 Å². The Hall–Kier alpha value is -1.32. The molecule has 0 bridgehead atoms. The number of aromatic nitrogens is 2. The zero-order chi connectivity index (χ0) is 13.8. The van der Waals surface area contributed by atoms with E-state index in [1.54, 1.807) is 6.20 Å². The fourth-order valence-corrected chi connectivity index (χ4v) is 2.43. The predicted octanol–water partition coefficient (Wildman–Crippen LogP) is 3.37. The second-order valence-corrected chi connectivity index (χ2v) is 5.13. The second-order valence-electron chi connectivity index (χ2n) is 4.73. The quantitative estimate of drug-likeness (QED) is 0.911. The maximum absolute atomic E-state index is 6.39. The van der Waals surface area contributed by atoms with E-state index >= 15 is 0 Å². The molecule has 2 N–H and O–H groups in total. The topological polar surface area (TPSA) is 43.8 Å². The molecular weight excluding hydrogens is 258 g/mol. The molecule has 0 saturated heterocycles. The van der Waals surface area contributed by atoms with Crippen LogP contribution in [0.15, 0.2) is 30.6 Å². The van der Waals surface area contributed by atoms with Gasteiger partial charge in [-0.3, -0.25) is 0 Å². The molecule has 1 atom stereocenters. The maximum atomic E-state index is 6.39. The van der Waals surface area contributed by atoms with Crippen molar-refractivity contribution in [1.82, 2.24) is 9.55 Å². The van der Waals surface area contributed by atoms with Gasteiger partial charge in [-0.1, -0.05) is 31.5 Å². The Morgan fingerprint density at radius 1 is 1.37 bits per heavy atom. The van der Waals surface area contributed by atoms with Crippen LogP contribution in [0.2, 0.25) is 5.02 Å². The molecule has 0 aliphatic heterocycles. The van der Waals surface area contributed by atoms with Crippen molar-refractivity contribution < 1.29 is 0 Å². The molecule has 2 rings (SSSR count). The number of nitrogens with two attached hydrogens (primary N) is 1. The molecular formula is C15H20ClN3. The first-order valence-corrected chi connectivity index (χ1v) is 7.10. The van der Waals surface area contributed by atoms with E-state index in [0.717, 1.165) is 35.8 Å². The molecule has 1 unspecified atom stereocenters. The van der Waals surface area contributed by atoms with Gasteiger partial charge in [0.15, 0.2) is 0 Å². The lowest BCUT2D eigenvalue weighted by atomic mass is 10.0. The van der Waals surface area contributed by atoms with Crippen molar-refractivity contribution in [3.63, 3.8) is 0 Å². The highest BCUT2D eigenvalue weighted by Crippen LogP contribution is 2.24. The Labute approximate surface area is 119 Å². The van der Waals surface area contributed by atoms with Gasteiger partial charge in [0.1, 0.15) is 5.82 Å². The van der Waals surface area contributed by atoms with Crippen LogP contribution in [0.5, 0.6) is 0 Å². The molecule has 1 heterocycles. The van der Waals surface area contributed by atoms with Crippen molar-refractivity contribution in [3.05, 3.63) is 47.0 Å². The van der Waals surface area contributed by atoms with E-state index in [-0.39, 0.29) is 6.04 Å². The fraction of sp³-hybridized carbons (Fsp3) is 0.400. The first-order valence-electron chi connectivity index (χ1n) is 6.72. The van der Waals surface area contributed by atoms with Gasteiger partial charge in [0.25, 0.3) is 0 Å². The van der Waals surface area contributed by atoms with Crippen LogP contribution >= 0.6 is 11.6 Å². The van der Waals surface area contributed by atoms with E-state index < -0.39 is 0 Å². The highest BCUT2D eigenvalue weighted by molar-refractivity contribution is 6.32. The van der Waals surface area contributed by atoms with Crippen LogP contribution in [0.4, 0.5) is 0 Å². The van der Waals surface area contributed by atoms with Crippen molar-refractivity contribution in [1.29, 1.82) is 0 Å². The number of aryl methyl sites for hydroxylation is 1. The van der Waals surface area contributed by atoms with Crippen molar-refractivity contribution in [2.75, 3.05) is 0 Å². The predicted molar refractivity (Wildman–Crippen MR) is 79.9 cm³/mol. The minimum Gasteiger partial charge on any atom is -0.327 e. The van der Waals surface area contributed by atoms with E-state index in [2.05, 4.69) is 24.9 Å². The summed E-state index contributed by atoms with van der Waals surface area (Å²) in [5.41, 5.74) is 8.13. The normalized spacial score (nSPS) is 12.6. The van der Waals surface area contributed by atoms with E-state index in [0.29, 0.717) is 0 Å². The molecule has 102 valence electrons. The lowest BCUT2D eigenvalue weighted by Gasteiger charge is -2.12. The molecule has 2 aromatic rings. The van der Waals surface area contributed by atoms with E-state index in [9.17, 15) is 0 Å². The summed E-state index contributed by atoms with van der Waals surface area (Å²) >= 11 is 6.39. The molecule has 0 aliphatic carbocycles. The average molecular weight is 278 g/mol. The molecule has 1 aromatic heterocycles. The van der Waals surface area contributed by atoms with E-state index in [1.165, 1.54) is 5.56 Å². The van der Waals surface area contributed by atoms with Gasteiger partial charge in [-0.15, -0.1) is 0 Å². The summed E-state index contributed by atoms with van der Waals surface area (Å²) in [6.45, 7) is 4.18. The second kappa shape index (κ2) is 6.22. The number of hydrogen-bond donors (Lipinski definition) is 1. The Morgan fingerprint density at radius 2 is 2.16 bits per heavy atom. The standard InChI is InChI=1S/C15H20ClN3/c1-3-12(17)9-11-5-6-14(13(16)10-11)19-8-7-18-15(19)4-2/h5-8,10,12H,3-4,9,17H2,1-2H3. The first kappa shape index (κ1) is 14.1. The monoisotopic (exact) mass is 277 g/mol. The van der Waals surface area contributed by atoms with Gasteiger partial charge in [-0.2, -0.15) is 0 Å². The molecule has 4 heteroatoms. The summed E-state index contributed by atoms with van der Waals surface area (Å²) in [6, 6.07) is 6.34. The van der Waals surface area contributed by atoms with Crippen molar-refractivity contribution in [2.45, 2.75) is 39.2 Å². The van der Waals surface area contributed by atoms with Gasteiger partial charge in [-0.05, 0) is 30.5 Å². The third-order valence-corrected chi connectivity index (χ3v) is 3.63. The molecule has 0 aliphatic rings. The van der Waals surface area contributed by atoms with Crippen molar-refractivity contribution >= 4 is 11.6 Å². The van der Waals surface area contributed by atoms with Crippen LogP contribution in [0.1, 0.15) is 31.7 Å². The van der Waals surface area contributed by atoms with Gasteiger partial charge >= 0.3 is 0 Å². The Bertz CT molecular complexity index is 548. The van der Waals surface area contributed by atoms with Crippen LogP contribution in [-0.4, -0.2) is 15.6 Å². The highest BCUT2D eigenvalue weighted by atomic mass is 35.5. The maximum Gasteiger partial charge on any atom is 0.112 e. The van der Waals surface area contributed by atoms with Crippen LogP contribution in [0.3, 0.4) is 0 Å². The van der Waals surface area contributed by atoms with Crippen LogP contribution in [-0.2, 0) is 12.8 Å². The van der Waals surface area contributed by atoms with Crippen LogP contribution in [0.25, 0.3) is 5.69 Å². The largest absolute Gasteiger partial charge is 0.327 e. The molecule has 1 aromatic carbocycles. The molecule has 3 nitrogen and oxygen atoms in total. The van der Waals surface area contributed by atoms with Gasteiger partial charge < -0.3 is 10.3 Å². The number of hydrogen-bond acceptors (Lipinski definition) is 2. The summed E-state index contributed by atoms with van der Waals surface area (Å²) in [5.74, 6) is 1.01. The third kappa shape index (κ3) is 3.17. The summed E-state index contributed by atoms with van der Waals surface area (Å²) in [5, 5.41) is 0.744. The molecule has 0 fully saturated rings. The number of rotatable bonds is 5. The summed E-state index contributed by atoms with van der Waals surface area (Å²) in [7, 11) is 0. The fourth-order valence-electron chi connectivity index (χ4n) is 2.14. The minimum atomic E-state index is 0.196. The van der Waals surface area contributed by atoms with E-state index in [4.69, 9.17) is 17.3 Å². The summed E-state index contributed by atoms with van der Waals surface area (Å²) in [4.78, 5) is 4.32. The Balaban J connectivity index is 2.29. The smallest absolute Gasteiger partial charge is 0.112 e. The molecule has 0 saturated carbocycles. The number of imidazole rings is 1. The summed E-state index contributed by atoms with van der Waals surface area (Å²) in [6.07, 6.45) is 6.46. The number of benzene rings is 1. The Kier molecular flexibility index (Phi) is 4.61. The molecule has 0 spiro atoms. The minimum absolute atomic E-state index is 0.196. The average Bonchev–Trinajstić information content (AvgIpc) is 2.87. The number of nitrogens with zero attached hydrogens (tertiary/aromatic N) is 2. The lowest BCUT2D eigenvalue weighted by molar-refractivity contribution is 0.646. The third-order valence-electron chi connectivity index (χ3n) is 3.33. The van der Waals surface area contributed by atoms with Crippen molar-refractivity contribution in [2.24, 2.45) is 5.73 Å². The summed E-state index contributed by atoms with van der Waals surface area (Å²) < 4.78 is 2.03. The van der Waals surface area contributed by atoms with Gasteiger partial charge in [-0.25, -0.2) is 4.98 Å². The van der Waals surface area contributed by atoms with Gasteiger partial charge in [0.2, 0.25) is 0 Å². The SMILES string of the molecule is CCc1nccn1-c1ccc(CC(N)CC)cc1Cl. The molecule has 0 amide bonds. The lowest BCUT2D eigenvalue weighted by Crippen LogP contribution is -2.21.